The van der Waals surface area contributed by atoms with Crippen LogP contribution in [0.1, 0.15) is 5.56 Å². The number of aromatic nitrogens is 1. The van der Waals surface area contributed by atoms with Gasteiger partial charge in [0.1, 0.15) is 0 Å². The van der Waals surface area contributed by atoms with Gasteiger partial charge >= 0.3 is 0 Å². The summed E-state index contributed by atoms with van der Waals surface area (Å²) in [5.74, 6) is 0. The maximum atomic E-state index is 8.73. The van der Waals surface area contributed by atoms with Crippen molar-refractivity contribution in [2.75, 3.05) is 0 Å². The Morgan fingerprint density at radius 2 is 2.23 bits per heavy atom. The van der Waals surface area contributed by atoms with Gasteiger partial charge in [-0.2, -0.15) is 5.26 Å². The highest BCUT2D eigenvalue weighted by molar-refractivity contribution is 9.10. The molecular formula is C10H5BrN2. The first-order chi connectivity index (χ1) is 6.31. The molecule has 0 aliphatic heterocycles. The van der Waals surface area contributed by atoms with E-state index in [2.05, 4.69) is 27.0 Å². The highest BCUT2D eigenvalue weighted by Gasteiger charge is 2.01. The lowest BCUT2D eigenvalue weighted by atomic mass is 10.1. The molecule has 2 nitrogen and oxygen atoms in total. The second kappa shape index (κ2) is 3.15. The molecular weight excluding hydrogens is 228 g/mol. The third-order valence-electron chi connectivity index (χ3n) is 1.79. The summed E-state index contributed by atoms with van der Waals surface area (Å²) < 4.78 is 0.863. The Kier molecular flexibility index (Phi) is 1.99. The number of fused-ring (bicyclic) bond motifs is 1. The van der Waals surface area contributed by atoms with E-state index in [0.717, 1.165) is 15.4 Å². The van der Waals surface area contributed by atoms with Crippen LogP contribution in [0.3, 0.4) is 0 Å². The van der Waals surface area contributed by atoms with E-state index < -0.39 is 0 Å². The summed E-state index contributed by atoms with van der Waals surface area (Å²) in [7, 11) is 0. The van der Waals surface area contributed by atoms with Gasteiger partial charge in [-0.05, 0) is 34.1 Å². The SMILES string of the molecule is N#Cc1cc(Br)c2ncccc2c1. The molecule has 2 aromatic rings. The largest absolute Gasteiger partial charge is 0.255 e. The zero-order valence-corrected chi connectivity index (χ0v) is 8.25. The number of halogens is 1. The topological polar surface area (TPSA) is 36.7 Å². The average molecular weight is 233 g/mol. The van der Waals surface area contributed by atoms with Gasteiger partial charge in [0, 0.05) is 16.1 Å². The number of benzene rings is 1. The summed E-state index contributed by atoms with van der Waals surface area (Å²) in [6.07, 6.45) is 1.74. The van der Waals surface area contributed by atoms with Crippen LogP contribution in [-0.2, 0) is 0 Å². The fraction of sp³-hybridized carbons (Fsp3) is 0. The van der Waals surface area contributed by atoms with Gasteiger partial charge in [-0.25, -0.2) is 0 Å². The van der Waals surface area contributed by atoms with E-state index in [1.807, 2.05) is 18.2 Å². The molecule has 0 bridgehead atoms. The Bertz CT molecular complexity index is 500. The van der Waals surface area contributed by atoms with E-state index in [4.69, 9.17) is 5.26 Å². The normalized spacial score (nSPS) is 9.85. The molecule has 1 aromatic heterocycles. The van der Waals surface area contributed by atoms with Gasteiger partial charge in [0.05, 0.1) is 17.1 Å². The summed E-state index contributed by atoms with van der Waals surface area (Å²) in [6.45, 7) is 0. The molecule has 0 saturated carbocycles. The molecule has 0 N–H and O–H groups in total. The number of nitrogens with zero attached hydrogens (tertiary/aromatic N) is 2. The lowest BCUT2D eigenvalue weighted by Crippen LogP contribution is -1.81. The van der Waals surface area contributed by atoms with Gasteiger partial charge in [-0.3, -0.25) is 4.98 Å². The van der Waals surface area contributed by atoms with Crippen molar-refractivity contribution < 1.29 is 0 Å². The van der Waals surface area contributed by atoms with Crippen LogP contribution in [0.2, 0.25) is 0 Å². The molecule has 0 spiro atoms. The van der Waals surface area contributed by atoms with Crippen molar-refractivity contribution in [2.24, 2.45) is 0 Å². The van der Waals surface area contributed by atoms with E-state index in [-0.39, 0.29) is 0 Å². The van der Waals surface area contributed by atoms with Crippen molar-refractivity contribution in [1.82, 2.24) is 4.98 Å². The number of hydrogen-bond acceptors (Lipinski definition) is 2. The van der Waals surface area contributed by atoms with Crippen LogP contribution in [-0.4, -0.2) is 4.98 Å². The molecule has 1 aromatic carbocycles. The summed E-state index contributed by atoms with van der Waals surface area (Å²) in [5.41, 5.74) is 1.54. The number of pyridine rings is 1. The second-order valence-electron chi connectivity index (χ2n) is 2.64. The highest BCUT2D eigenvalue weighted by Crippen LogP contribution is 2.23. The predicted molar refractivity (Wildman–Crippen MR) is 54.2 cm³/mol. The Labute approximate surface area is 84.0 Å². The fourth-order valence-corrected chi connectivity index (χ4v) is 1.79. The van der Waals surface area contributed by atoms with Crippen LogP contribution in [0, 0.1) is 11.3 Å². The number of hydrogen-bond donors (Lipinski definition) is 0. The third kappa shape index (κ3) is 1.41. The van der Waals surface area contributed by atoms with E-state index in [9.17, 15) is 0 Å². The maximum Gasteiger partial charge on any atom is 0.0992 e. The van der Waals surface area contributed by atoms with Crippen LogP contribution < -0.4 is 0 Å². The quantitative estimate of drug-likeness (QED) is 0.701. The third-order valence-corrected chi connectivity index (χ3v) is 2.39. The number of rotatable bonds is 0. The standard InChI is InChI=1S/C10H5BrN2/c11-9-5-7(6-12)4-8-2-1-3-13-10(8)9/h1-5H. The van der Waals surface area contributed by atoms with Gasteiger partial charge < -0.3 is 0 Å². The minimum absolute atomic E-state index is 0.646. The lowest BCUT2D eigenvalue weighted by molar-refractivity contribution is 1.39. The molecule has 2 rings (SSSR count). The van der Waals surface area contributed by atoms with Crippen LogP contribution in [0.15, 0.2) is 34.9 Å². The van der Waals surface area contributed by atoms with E-state index in [0.29, 0.717) is 5.56 Å². The Balaban J connectivity index is 2.86. The van der Waals surface area contributed by atoms with E-state index in [1.165, 1.54) is 0 Å². The summed E-state index contributed by atoms with van der Waals surface area (Å²) in [5, 5.41) is 9.71. The first-order valence-corrected chi connectivity index (χ1v) is 4.55. The first kappa shape index (κ1) is 8.21. The average Bonchev–Trinajstić information content (AvgIpc) is 2.18. The molecule has 0 aliphatic rings. The van der Waals surface area contributed by atoms with Crippen molar-refractivity contribution in [3.05, 3.63) is 40.5 Å². The van der Waals surface area contributed by atoms with Gasteiger partial charge in [0.2, 0.25) is 0 Å². The second-order valence-corrected chi connectivity index (χ2v) is 3.50. The van der Waals surface area contributed by atoms with Crippen LogP contribution in [0.25, 0.3) is 10.9 Å². The van der Waals surface area contributed by atoms with E-state index in [1.54, 1.807) is 12.3 Å². The van der Waals surface area contributed by atoms with Crippen molar-refractivity contribution in [3.8, 4) is 6.07 Å². The Hall–Kier alpha value is -1.40. The molecule has 0 saturated heterocycles. The summed E-state index contributed by atoms with van der Waals surface area (Å²) in [4.78, 5) is 4.20. The predicted octanol–water partition coefficient (Wildman–Crippen LogP) is 2.87. The van der Waals surface area contributed by atoms with Crippen molar-refractivity contribution in [2.45, 2.75) is 0 Å². The molecule has 62 valence electrons. The fourth-order valence-electron chi connectivity index (χ4n) is 1.21. The van der Waals surface area contributed by atoms with Crippen LogP contribution >= 0.6 is 15.9 Å². The van der Waals surface area contributed by atoms with Crippen molar-refractivity contribution >= 4 is 26.8 Å². The van der Waals surface area contributed by atoms with Gasteiger partial charge in [0.25, 0.3) is 0 Å². The molecule has 0 amide bonds. The lowest BCUT2D eigenvalue weighted by Gasteiger charge is -1.99. The smallest absolute Gasteiger partial charge is 0.0992 e. The van der Waals surface area contributed by atoms with E-state index >= 15 is 0 Å². The summed E-state index contributed by atoms with van der Waals surface area (Å²) in [6, 6.07) is 9.50. The van der Waals surface area contributed by atoms with Gasteiger partial charge in [0.15, 0.2) is 0 Å². The first-order valence-electron chi connectivity index (χ1n) is 3.75. The van der Waals surface area contributed by atoms with Crippen molar-refractivity contribution in [3.63, 3.8) is 0 Å². The number of nitriles is 1. The summed E-state index contributed by atoms with van der Waals surface area (Å²) >= 11 is 3.37. The van der Waals surface area contributed by atoms with Crippen LogP contribution in [0.5, 0.6) is 0 Å². The van der Waals surface area contributed by atoms with Gasteiger partial charge in [-0.15, -0.1) is 0 Å². The zero-order chi connectivity index (χ0) is 9.26. The minimum atomic E-state index is 0.646. The zero-order valence-electron chi connectivity index (χ0n) is 6.66. The molecule has 13 heavy (non-hydrogen) atoms. The molecule has 0 aliphatic carbocycles. The Morgan fingerprint density at radius 1 is 1.38 bits per heavy atom. The highest BCUT2D eigenvalue weighted by atomic mass is 79.9. The molecule has 0 radical (unpaired) electrons. The molecule has 1 heterocycles. The van der Waals surface area contributed by atoms with Crippen LogP contribution in [0.4, 0.5) is 0 Å². The Morgan fingerprint density at radius 3 is 3.00 bits per heavy atom. The molecule has 0 unspecified atom stereocenters. The monoisotopic (exact) mass is 232 g/mol. The molecule has 0 fully saturated rings. The molecule has 0 atom stereocenters. The molecule has 3 heteroatoms. The van der Waals surface area contributed by atoms with Crippen molar-refractivity contribution in [1.29, 1.82) is 5.26 Å². The maximum absolute atomic E-state index is 8.73. The minimum Gasteiger partial charge on any atom is -0.255 e. The van der Waals surface area contributed by atoms with Gasteiger partial charge in [-0.1, -0.05) is 6.07 Å².